The Balaban J connectivity index is 1.83. The third-order valence-corrected chi connectivity index (χ3v) is 4.51. The molecule has 1 aromatic carbocycles. The van der Waals surface area contributed by atoms with Gasteiger partial charge in [-0.15, -0.1) is 0 Å². The van der Waals surface area contributed by atoms with Gasteiger partial charge in [0.2, 0.25) is 0 Å². The molecule has 2 aromatic rings. The molecule has 0 radical (unpaired) electrons. The Morgan fingerprint density at radius 3 is 2.38 bits per heavy atom. The van der Waals surface area contributed by atoms with Crippen LogP contribution in [0, 0.1) is 0 Å². The van der Waals surface area contributed by atoms with Gasteiger partial charge in [-0.3, -0.25) is 4.72 Å². The molecule has 1 aliphatic heterocycles. The van der Waals surface area contributed by atoms with Gasteiger partial charge < -0.3 is 9.47 Å². The molecule has 0 aliphatic carbocycles. The van der Waals surface area contributed by atoms with Crippen molar-refractivity contribution < 1.29 is 31.1 Å². The van der Waals surface area contributed by atoms with E-state index in [1.165, 1.54) is 18.2 Å². The Morgan fingerprint density at radius 1 is 1.04 bits per heavy atom. The van der Waals surface area contributed by atoms with Gasteiger partial charge in [0.1, 0.15) is 19.0 Å². The Bertz CT molecular complexity index is 851. The molecule has 6 nitrogen and oxygen atoms in total. The van der Waals surface area contributed by atoms with E-state index in [0.717, 1.165) is 12.1 Å². The van der Waals surface area contributed by atoms with Gasteiger partial charge in [-0.25, -0.2) is 13.4 Å². The Labute approximate surface area is 135 Å². The van der Waals surface area contributed by atoms with Gasteiger partial charge in [0.05, 0.1) is 10.5 Å². The first kappa shape index (κ1) is 16.4. The van der Waals surface area contributed by atoms with Crippen molar-refractivity contribution in [1.82, 2.24) is 4.98 Å². The number of hydrogen-bond acceptors (Lipinski definition) is 5. The summed E-state index contributed by atoms with van der Waals surface area (Å²) >= 11 is 0. The van der Waals surface area contributed by atoms with Crippen molar-refractivity contribution in [2.24, 2.45) is 0 Å². The van der Waals surface area contributed by atoms with Gasteiger partial charge in [0.25, 0.3) is 10.0 Å². The number of sulfonamides is 1. The zero-order valence-electron chi connectivity index (χ0n) is 12.0. The summed E-state index contributed by atoms with van der Waals surface area (Å²) in [6.07, 6.45) is -3.98. The quantitative estimate of drug-likeness (QED) is 0.911. The SMILES string of the molecule is O=S(=O)(Nc1ccc(C(F)(F)F)cn1)c1ccc2c(c1)OCCO2. The van der Waals surface area contributed by atoms with Gasteiger partial charge in [-0.05, 0) is 24.3 Å². The lowest BCUT2D eigenvalue weighted by Gasteiger charge is -2.19. The second-order valence-corrected chi connectivity index (χ2v) is 6.52. The monoisotopic (exact) mass is 360 g/mol. The smallest absolute Gasteiger partial charge is 0.417 e. The van der Waals surface area contributed by atoms with Crippen molar-refractivity contribution >= 4 is 15.8 Å². The number of rotatable bonds is 3. The van der Waals surface area contributed by atoms with E-state index >= 15 is 0 Å². The fourth-order valence-electron chi connectivity index (χ4n) is 2.01. The molecule has 24 heavy (non-hydrogen) atoms. The van der Waals surface area contributed by atoms with Crippen molar-refractivity contribution in [3.63, 3.8) is 0 Å². The van der Waals surface area contributed by atoms with Crippen LogP contribution < -0.4 is 14.2 Å². The van der Waals surface area contributed by atoms with Crippen LogP contribution in [-0.2, 0) is 16.2 Å². The lowest BCUT2D eigenvalue weighted by molar-refractivity contribution is -0.137. The largest absolute Gasteiger partial charge is 0.486 e. The maximum atomic E-state index is 12.5. The molecule has 128 valence electrons. The lowest BCUT2D eigenvalue weighted by Crippen LogP contribution is -2.18. The minimum atomic E-state index is -4.54. The number of ether oxygens (including phenoxy) is 2. The molecule has 0 spiro atoms. The first-order valence-electron chi connectivity index (χ1n) is 6.71. The van der Waals surface area contributed by atoms with E-state index in [9.17, 15) is 21.6 Å². The van der Waals surface area contributed by atoms with Crippen LogP contribution in [0.15, 0.2) is 41.4 Å². The number of pyridine rings is 1. The molecule has 0 amide bonds. The van der Waals surface area contributed by atoms with Crippen LogP contribution in [0.5, 0.6) is 11.5 Å². The van der Waals surface area contributed by atoms with Gasteiger partial charge in [-0.2, -0.15) is 13.2 Å². The third kappa shape index (κ3) is 3.37. The fraction of sp³-hybridized carbons (Fsp3) is 0.214. The molecule has 0 fully saturated rings. The number of fused-ring (bicyclic) bond motifs is 1. The fourth-order valence-corrected chi connectivity index (χ4v) is 3.03. The number of alkyl halides is 3. The van der Waals surface area contributed by atoms with E-state index in [1.807, 2.05) is 0 Å². The van der Waals surface area contributed by atoms with E-state index in [-0.39, 0.29) is 16.5 Å². The molecule has 1 aromatic heterocycles. The molecular weight excluding hydrogens is 349 g/mol. The van der Waals surface area contributed by atoms with Crippen molar-refractivity contribution in [2.45, 2.75) is 11.1 Å². The second kappa shape index (κ2) is 5.86. The summed E-state index contributed by atoms with van der Waals surface area (Å²) < 4.78 is 74.8. The topological polar surface area (TPSA) is 77.5 Å². The van der Waals surface area contributed by atoms with Gasteiger partial charge in [0, 0.05) is 12.3 Å². The van der Waals surface area contributed by atoms with Crippen LogP contribution in [0.1, 0.15) is 5.56 Å². The lowest BCUT2D eigenvalue weighted by atomic mass is 10.3. The van der Waals surface area contributed by atoms with Crippen LogP contribution in [0.3, 0.4) is 0 Å². The summed E-state index contributed by atoms with van der Waals surface area (Å²) in [7, 11) is -4.02. The first-order valence-corrected chi connectivity index (χ1v) is 8.20. The van der Waals surface area contributed by atoms with Crippen molar-refractivity contribution in [1.29, 1.82) is 0 Å². The summed E-state index contributed by atoms with van der Waals surface area (Å²) in [5, 5.41) is 0. The van der Waals surface area contributed by atoms with E-state index in [4.69, 9.17) is 9.47 Å². The minimum absolute atomic E-state index is 0.117. The number of aromatic nitrogens is 1. The van der Waals surface area contributed by atoms with Gasteiger partial charge in [0.15, 0.2) is 11.5 Å². The van der Waals surface area contributed by atoms with Gasteiger partial charge >= 0.3 is 6.18 Å². The normalized spacial score (nSPS) is 14.3. The number of benzene rings is 1. The summed E-state index contributed by atoms with van der Waals surface area (Å²) in [5.74, 6) is 0.482. The van der Waals surface area contributed by atoms with Crippen molar-refractivity contribution in [3.8, 4) is 11.5 Å². The van der Waals surface area contributed by atoms with Crippen LogP contribution in [-0.4, -0.2) is 26.6 Å². The summed E-state index contributed by atoms with van der Waals surface area (Å²) in [6, 6.07) is 5.72. The van der Waals surface area contributed by atoms with Crippen LogP contribution >= 0.6 is 0 Å². The molecule has 2 heterocycles. The predicted octanol–water partition coefficient (Wildman–Crippen LogP) is 2.67. The molecular formula is C14H11F3N2O4S. The number of nitrogens with one attached hydrogen (secondary N) is 1. The maximum Gasteiger partial charge on any atom is 0.417 e. The van der Waals surface area contributed by atoms with Crippen molar-refractivity contribution in [3.05, 3.63) is 42.1 Å². The number of nitrogens with zero attached hydrogens (tertiary/aromatic N) is 1. The van der Waals surface area contributed by atoms with E-state index in [1.54, 1.807) is 0 Å². The average Bonchev–Trinajstić information content (AvgIpc) is 2.53. The first-order chi connectivity index (χ1) is 11.3. The predicted molar refractivity (Wildman–Crippen MR) is 77.5 cm³/mol. The summed E-state index contributed by atoms with van der Waals surface area (Å²) in [4.78, 5) is 3.36. The maximum absolute atomic E-state index is 12.5. The van der Waals surface area contributed by atoms with Crippen LogP contribution in [0.4, 0.5) is 19.0 Å². The highest BCUT2D eigenvalue weighted by atomic mass is 32.2. The highest BCUT2D eigenvalue weighted by Gasteiger charge is 2.31. The molecule has 0 bridgehead atoms. The molecule has 1 aliphatic rings. The highest BCUT2D eigenvalue weighted by Crippen LogP contribution is 2.33. The zero-order chi connectivity index (χ0) is 17.4. The molecule has 0 saturated carbocycles. The highest BCUT2D eigenvalue weighted by molar-refractivity contribution is 7.92. The molecule has 0 unspecified atom stereocenters. The molecule has 10 heteroatoms. The van der Waals surface area contributed by atoms with Crippen molar-refractivity contribution in [2.75, 3.05) is 17.9 Å². The zero-order valence-corrected chi connectivity index (χ0v) is 12.8. The van der Waals surface area contributed by atoms with E-state index in [2.05, 4.69) is 9.71 Å². The summed E-state index contributed by atoms with van der Waals surface area (Å²) in [5.41, 5.74) is -0.968. The Kier molecular flexibility index (Phi) is 3.99. The third-order valence-electron chi connectivity index (χ3n) is 3.15. The Morgan fingerprint density at radius 2 is 1.75 bits per heavy atom. The number of halogens is 3. The molecule has 0 saturated heterocycles. The second-order valence-electron chi connectivity index (χ2n) is 4.84. The van der Waals surface area contributed by atoms with Crippen LogP contribution in [0.25, 0.3) is 0 Å². The standard InChI is InChI=1S/C14H11F3N2O4S/c15-14(16,17)9-1-4-13(18-8-9)19-24(20,21)10-2-3-11-12(7-10)23-6-5-22-11/h1-4,7-8H,5-6H2,(H,18,19). The molecule has 3 rings (SSSR count). The summed E-state index contributed by atoms with van der Waals surface area (Å²) in [6.45, 7) is 0.664. The van der Waals surface area contributed by atoms with Crippen LogP contribution in [0.2, 0.25) is 0 Å². The number of hydrogen-bond donors (Lipinski definition) is 1. The molecule has 1 N–H and O–H groups in total. The molecule has 0 atom stereocenters. The van der Waals surface area contributed by atoms with E-state index < -0.39 is 21.8 Å². The number of anilines is 1. The van der Waals surface area contributed by atoms with E-state index in [0.29, 0.717) is 25.2 Å². The Hall–Kier alpha value is -2.49. The van der Waals surface area contributed by atoms with Gasteiger partial charge in [-0.1, -0.05) is 0 Å². The minimum Gasteiger partial charge on any atom is -0.486 e. The average molecular weight is 360 g/mol.